The summed E-state index contributed by atoms with van der Waals surface area (Å²) in [5.74, 6) is -0.746. The molecule has 0 aliphatic carbocycles. The average molecular weight is 403 g/mol. The van der Waals surface area contributed by atoms with Crippen molar-refractivity contribution in [2.75, 3.05) is 6.54 Å². The highest BCUT2D eigenvalue weighted by atomic mass is 35.5. The number of nitrogens with one attached hydrogen (secondary N) is 2. The van der Waals surface area contributed by atoms with Crippen LogP contribution in [0.3, 0.4) is 0 Å². The van der Waals surface area contributed by atoms with Crippen LogP contribution < -0.4 is 5.43 Å². The van der Waals surface area contributed by atoms with Gasteiger partial charge in [-0.3, -0.25) is 9.89 Å². The number of hydrazone groups is 1. The third-order valence-electron chi connectivity index (χ3n) is 3.36. The van der Waals surface area contributed by atoms with Gasteiger partial charge in [0.2, 0.25) is 5.78 Å². The lowest BCUT2D eigenvalue weighted by Crippen LogP contribution is -2.36. The first-order chi connectivity index (χ1) is 11.4. The van der Waals surface area contributed by atoms with Gasteiger partial charge in [-0.2, -0.15) is 10.2 Å². The average Bonchev–Trinajstić information content (AvgIpc) is 3.16. The Morgan fingerprint density at radius 2 is 2.08 bits per heavy atom. The van der Waals surface area contributed by atoms with E-state index < -0.39 is 20.9 Å². The van der Waals surface area contributed by atoms with Crippen LogP contribution in [0.4, 0.5) is 0 Å². The van der Waals surface area contributed by atoms with Crippen LogP contribution in [0.5, 0.6) is 0 Å². The highest BCUT2D eigenvalue weighted by Gasteiger charge is 2.38. The van der Waals surface area contributed by atoms with Crippen LogP contribution >= 0.6 is 35.2 Å². The van der Waals surface area contributed by atoms with Crippen molar-refractivity contribution in [2.24, 2.45) is 5.10 Å². The van der Waals surface area contributed by atoms with Crippen LogP contribution in [-0.2, 0) is 15.6 Å². The summed E-state index contributed by atoms with van der Waals surface area (Å²) in [7, 11) is -3.67. The summed E-state index contributed by atoms with van der Waals surface area (Å²) >= 11 is 11.8. The minimum absolute atomic E-state index is 0.0311. The van der Waals surface area contributed by atoms with E-state index in [2.05, 4.69) is 20.7 Å². The lowest BCUT2D eigenvalue weighted by Gasteiger charge is -2.11. The monoisotopic (exact) mass is 402 g/mol. The highest BCUT2D eigenvalue weighted by Crippen LogP contribution is 2.19. The van der Waals surface area contributed by atoms with E-state index in [0.717, 1.165) is 11.3 Å². The molecule has 11 heteroatoms. The van der Waals surface area contributed by atoms with Crippen molar-refractivity contribution in [3.8, 4) is 0 Å². The van der Waals surface area contributed by atoms with E-state index in [9.17, 15) is 13.2 Å². The maximum absolute atomic E-state index is 12.6. The Kier molecular flexibility index (Phi) is 4.81. The molecule has 1 aromatic carbocycles. The Morgan fingerprint density at radius 1 is 1.38 bits per heavy atom. The number of nitrogens with zero attached hydrogens (tertiary/aromatic N) is 2. The van der Waals surface area contributed by atoms with Crippen molar-refractivity contribution in [3.05, 3.63) is 43.8 Å². The molecule has 3 rings (SSSR count). The van der Waals surface area contributed by atoms with Gasteiger partial charge in [-0.1, -0.05) is 22.9 Å². The molecule has 1 aromatic heterocycles. The number of halogens is 1. The maximum atomic E-state index is 12.6. The molecule has 1 aliphatic heterocycles. The summed E-state index contributed by atoms with van der Waals surface area (Å²) in [5.41, 5.74) is 2.90. The molecule has 2 heterocycles. The SMILES string of the molecule is O=C(C1=NNCC1S(=O)(=O)Cc1n[nH]c(=S)s1)c1ccc(Cl)cc1. The van der Waals surface area contributed by atoms with Crippen LogP contribution in [0.25, 0.3) is 0 Å². The number of aromatic nitrogens is 2. The van der Waals surface area contributed by atoms with E-state index >= 15 is 0 Å². The first-order valence-electron chi connectivity index (χ1n) is 6.73. The molecule has 0 amide bonds. The number of H-pyrrole nitrogens is 1. The number of sulfone groups is 1. The molecular weight excluding hydrogens is 392 g/mol. The van der Waals surface area contributed by atoms with Crippen molar-refractivity contribution in [1.82, 2.24) is 15.6 Å². The third-order valence-corrected chi connectivity index (χ3v) is 6.82. The van der Waals surface area contributed by atoms with Crippen molar-refractivity contribution in [3.63, 3.8) is 0 Å². The molecule has 7 nitrogen and oxygen atoms in total. The van der Waals surface area contributed by atoms with Gasteiger partial charge >= 0.3 is 0 Å². The minimum atomic E-state index is -3.67. The zero-order valence-electron chi connectivity index (χ0n) is 12.0. The van der Waals surface area contributed by atoms with Crippen LogP contribution in [0, 0.1) is 3.95 Å². The number of Topliss-reactive ketones (excluding diaryl/α,β-unsaturated/α-hetero) is 1. The van der Waals surface area contributed by atoms with Crippen LogP contribution in [0.15, 0.2) is 29.4 Å². The van der Waals surface area contributed by atoms with Gasteiger partial charge in [-0.05, 0) is 36.5 Å². The molecule has 0 radical (unpaired) electrons. The van der Waals surface area contributed by atoms with Crippen molar-refractivity contribution >= 4 is 56.5 Å². The number of carbonyl (C=O) groups excluding carboxylic acids is 1. The molecule has 0 saturated heterocycles. The maximum Gasteiger partial charge on any atom is 0.210 e. The number of aromatic amines is 1. The van der Waals surface area contributed by atoms with Gasteiger partial charge in [0.05, 0.1) is 6.54 Å². The molecule has 1 atom stereocenters. The summed E-state index contributed by atoms with van der Waals surface area (Å²) in [6, 6.07) is 6.21. The fourth-order valence-corrected chi connectivity index (χ4v) is 5.24. The Bertz CT molecular complexity index is 963. The zero-order chi connectivity index (χ0) is 17.3. The number of hydrogen-bond acceptors (Lipinski definition) is 8. The first kappa shape index (κ1) is 17.2. The second kappa shape index (κ2) is 6.71. The predicted octanol–water partition coefficient (Wildman–Crippen LogP) is 1.98. The minimum Gasteiger partial charge on any atom is -0.308 e. The molecule has 0 fully saturated rings. The van der Waals surface area contributed by atoms with Gasteiger partial charge in [0.25, 0.3) is 0 Å². The van der Waals surface area contributed by atoms with Gasteiger partial charge in [0.15, 0.2) is 13.8 Å². The second-order valence-corrected chi connectivity index (χ2v) is 9.37. The number of hydrogen-bond donors (Lipinski definition) is 2. The highest BCUT2D eigenvalue weighted by molar-refractivity contribution is 7.92. The molecule has 126 valence electrons. The standard InChI is InChI=1S/C13H11ClN4O3S3/c14-8-3-1-7(2-4-8)12(19)11-9(5-15-17-11)24(20,21)6-10-16-18-13(22)23-10/h1-4,9,15H,5-6H2,(H,18,22). The molecule has 1 unspecified atom stereocenters. The summed E-state index contributed by atoms with van der Waals surface area (Å²) in [6.07, 6.45) is 0. The van der Waals surface area contributed by atoms with Crippen LogP contribution in [0.1, 0.15) is 15.4 Å². The van der Waals surface area contributed by atoms with Crippen LogP contribution in [0.2, 0.25) is 5.02 Å². The molecule has 2 N–H and O–H groups in total. The van der Waals surface area contributed by atoms with Crippen molar-refractivity contribution in [1.29, 1.82) is 0 Å². The number of benzene rings is 1. The van der Waals surface area contributed by atoms with Gasteiger partial charge < -0.3 is 5.43 Å². The van der Waals surface area contributed by atoms with Gasteiger partial charge in [0, 0.05) is 10.6 Å². The zero-order valence-corrected chi connectivity index (χ0v) is 15.2. The summed E-state index contributed by atoms with van der Waals surface area (Å²) in [5, 5.41) is 10.1. The van der Waals surface area contributed by atoms with E-state index in [-0.39, 0.29) is 18.0 Å². The quantitative estimate of drug-likeness (QED) is 0.585. The lowest BCUT2D eigenvalue weighted by atomic mass is 10.1. The van der Waals surface area contributed by atoms with Gasteiger partial charge in [-0.25, -0.2) is 8.42 Å². The third kappa shape index (κ3) is 3.56. The fraction of sp³-hybridized carbons (Fsp3) is 0.231. The molecule has 2 aromatic rings. The molecule has 0 saturated carbocycles. The van der Waals surface area contributed by atoms with E-state index in [1.165, 1.54) is 12.1 Å². The Labute approximate surface area is 151 Å². The molecule has 0 bridgehead atoms. The number of rotatable bonds is 5. The smallest absolute Gasteiger partial charge is 0.210 e. The van der Waals surface area contributed by atoms with Crippen molar-refractivity contribution < 1.29 is 13.2 Å². The summed E-state index contributed by atoms with van der Waals surface area (Å²) in [6.45, 7) is 0.0484. The molecular formula is C13H11ClN4O3S3. The Balaban J connectivity index is 1.85. The van der Waals surface area contributed by atoms with E-state index in [1.807, 2.05) is 0 Å². The predicted molar refractivity (Wildman–Crippen MR) is 94.9 cm³/mol. The van der Waals surface area contributed by atoms with E-state index in [1.54, 1.807) is 12.1 Å². The molecule has 24 heavy (non-hydrogen) atoms. The summed E-state index contributed by atoms with van der Waals surface area (Å²) in [4.78, 5) is 12.6. The topological polar surface area (TPSA) is 104 Å². The fourth-order valence-electron chi connectivity index (χ4n) is 2.22. The van der Waals surface area contributed by atoms with Gasteiger partial charge in [-0.15, -0.1) is 0 Å². The lowest BCUT2D eigenvalue weighted by molar-refractivity contribution is 0.106. The Hall–Kier alpha value is -1.62. The van der Waals surface area contributed by atoms with Crippen molar-refractivity contribution in [2.45, 2.75) is 11.0 Å². The normalized spacial score (nSPS) is 17.4. The number of carbonyl (C=O) groups is 1. The van der Waals surface area contributed by atoms with E-state index in [0.29, 0.717) is 19.5 Å². The Morgan fingerprint density at radius 3 is 2.71 bits per heavy atom. The second-order valence-electron chi connectivity index (χ2n) is 5.00. The largest absolute Gasteiger partial charge is 0.308 e. The van der Waals surface area contributed by atoms with Gasteiger partial charge in [0.1, 0.15) is 21.7 Å². The van der Waals surface area contributed by atoms with Crippen LogP contribution in [-0.4, -0.2) is 41.9 Å². The number of ketones is 1. The van der Waals surface area contributed by atoms with E-state index in [4.69, 9.17) is 23.8 Å². The summed E-state index contributed by atoms with van der Waals surface area (Å²) < 4.78 is 25.7. The molecule has 0 spiro atoms. The first-order valence-corrected chi connectivity index (χ1v) is 10.1. The molecule has 1 aliphatic rings.